The monoisotopic (exact) mass is 260 g/mol. The summed E-state index contributed by atoms with van der Waals surface area (Å²) in [6, 6.07) is 10.5. The predicted molar refractivity (Wildman–Crippen MR) is 75.8 cm³/mol. The minimum atomic E-state index is 0.662. The molecule has 0 aliphatic carbocycles. The van der Waals surface area contributed by atoms with Gasteiger partial charge in [-0.3, -0.25) is 9.88 Å². The molecule has 0 amide bonds. The molecule has 1 saturated heterocycles. The van der Waals surface area contributed by atoms with Crippen molar-refractivity contribution in [3.05, 3.63) is 42.1 Å². The minimum Gasteiger partial charge on any atom is -0.299 e. The lowest BCUT2D eigenvalue weighted by atomic mass is 10.1. The topological polar surface area (TPSA) is 16.1 Å². The summed E-state index contributed by atoms with van der Waals surface area (Å²) in [6.07, 6.45) is 3.10. The summed E-state index contributed by atoms with van der Waals surface area (Å²) in [5, 5.41) is 1.23. The number of hydrogen-bond acceptors (Lipinski definition) is 2. The van der Waals surface area contributed by atoms with Gasteiger partial charge in [0.25, 0.3) is 0 Å². The zero-order valence-electron chi connectivity index (χ0n) is 10.3. The molecule has 3 heteroatoms. The van der Waals surface area contributed by atoms with Crippen LogP contribution in [-0.2, 0) is 6.54 Å². The first-order valence-electron chi connectivity index (χ1n) is 6.48. The van der Waals surface area contributed by atoms with Crippen molar-refractivity contribution in [1.29, 1.82) is 0 Å². The van der Waals surface area contributed by atoms with E-state index >= 15 is 0 Å². The van der Waals surface area contributed by atoms with Gasteiger partial charge < -0.3 is 0 Å². The first kappa shape index (κ1) is 11.9. The molecule has 0 radical (unpaired) electrons. The molecule has 1 aliphatic heterocycles. The average molecular weight is 261 g/mol. The summed E-state index contributed by atoms with van der Waals surface area (Å²) in [7, 11) is 0. The second kappa shape index (κ2) is 5.25. The van der Waals surface area contributed by atoms with E-state index < -0.39 is 0 Å². The smallest absolute Gasteiger partial charge is 0.0746 e. The van der Waals surface area contributed by atoms with E-state index in [0.717, 1.165) is 31.0 Å². The molecule has 2 nitrogen and oxygen atoms in total. The van der Waals surface area contributed by atoms with Crippen LogP contribution in [-0.4, -0.2) is 28.9 Å². The highest BCUT2D eigenvalue weighted by Crippen LogP contribution is 2.22. The Kier molecular flexibility index (Phi) is 3.48. The Balaban J connectivity index is 1.83. The largest absolute Gasteiger partial charge is 0.299 e. The Bertz CT molecular complexity index is 536. The number of aromatic nitrogens is 1. The second-order valence-electron chi connectivity index (χ2n) is 5.04. The van der Waals surface area contributed by atoms with Gasteiger partial charge in [-0.2, -0.15) is 0 Å². The summed E-state index contributed by atoms with van der Waals surface area (Å²) in [6.45, 7) is 3.26. The average Bonchev–Trinajstić information content (AvgIpc) is 2.87. The Morgan fingerprint density at radius 3 is 3.00 bits per heavy atom. The van der Waals surface area contributed by atoms with Crippen LogP contribution in [0.3, 0.4) is 0 Å². The van der Waals surface area contributed by atoms with Crippen molar-refractivity contribution in [1.82, 2.24) is 9.88 Å². The number of rotatable bonds is 3. The molecule has 1 unspecified atom stereocenters. The zero-order chi connectivity index (χ0) is 12.4. The fourth-order valence-corrected chi connectivity index (χ4v) is 2.97. The fourth-order valence-electron chi connectivity index (χ4n) is 2.72. The highest BCUT2D eigenvalue weighted by Gasteiger charge is 2.21. The van der Waals surface area contributed by atoms with Crippen molar-refractivity contribution in [3.63, 3.8) is 0 Å². The Morgan fingerprint density at radius 2 is 2.17 bits per heavy atom. The number of para-hydroxylation sites is 1. The molecule has 0 saturated carbocycles. The van der Waals surface area contributed by atoms with Crippen molar-refractivity contribution >= 4 is 22.5 Å². The van der Waals surface area contributed by atoms with Gasteiger partial charge in [0.1, 0.15) is 0 Å². The number of alkyl halides is 1. The summed E-state index contributed by atoms with van der Waals surface area (Å²) >= 11 is 5.93. The Morgan fingerprint density at radius 1 is 1.28 bits per heavy atom. The highest BCUT2D eigenvalue weighted by atomic mass is 35.5. The third-order valence-corrected chi connectivity index (χ3v) is 4.13. The van der Waals surface area contributed by atoms with Crippen molar-refractivity contribution in [2.75, 3.05) is 19.0 Å². The van der Waals surface area contributed by atoms with Crippen LogP contribution >= 0.6 is 11.6 Å². The van der Waals surface area contributed by atoms with E-state index in [4.69, 9.17) is 11.6 Å². The lowest BCUT2D eigenvalue weighted by molar-refractivity contribution is 0.322. The lowest BCUT2D eigenvalue weighted by Gasteiger charge is -2.16. The van der Waals surface area contributed by atoms with E-state index in [1.807, 2.05) is 12.3 Å². The summed E-state index contributed by atoms with van der Waals surface area (Å²) in [5.41, 5.74) is 2.46. The van der Waals surface area contributed by atoms with E-state index in [2.05, 4.69) is 34.1 Å². The van der Waals surface area contributed by atoms with Gasteiger partial charge in [0, 0.05) is 30.6 Å². The van der Waals surface area contributed by atoms with Crippen molar-refractivity contribution in [2.45, 2.75) is 13.0 Å². The maximum absolute atomic E-state index is 5.93. The van der Waals surface area contributed by atoms with Crippen LogP contribution in [0.15, 0.2) is 36.5 Å². The van der Waals surface area contributed by atoms with Crippen LogP contribution < -0.4 is 0 Å². The Hall–Kier alpha value is -1.12. The molecule has 1 aliphatic rings. The number of hydrogen-bond donors (Lipinski definition) is 0. The number of benzene rings is 1. The first-order valence-corrected chi connectivity index (χ1v) is 7.01. The zero-order valence-corrected chi connectivity index (χ0v) is 11.1. The molecule has 2 heterocycles. The van der Waals surface area contributed by atoms with Gasteiger partial charge in [-0.25, -0.2) is 0 Å². The quantitative estimate of drug-likeness (QED) is 0.788. The predicted octanol–water partition coefficient (Wildman–Crippen LogP) is 3.30. The molecule has 0 spiro atoms. The van der Waals surface area contributed by atoms with Crippen LogP contribution in [0.4, 0.5) is 0 Å². The van der Waals surface area contributed by atoms with Gasteiger partial charge in [0.15, 0.2) is 0 Å². The van der Waals surface area contributed by atoms with Gasteiger partial charge in [0.05, 0.1) is 5.52 Å². The molecule has 2 aromatic rings. The molecule has 1 aromatic carbocycles. The van der Waals surface area contributed by atoms with Crippen molar-refractivity contribution in [3.8, 4) is 0 Å². The van der Waals surface area contributed by atoms with E-state index in [1.54, 1.807) is 0 Å². The van der Waals surface area contributed by atoms with Crippen molar-refractivity contribution < 1.29 is 0 Å². The van der Waals surface area contributed by atoms with Gasteiger partial charge in [-0.15, -0.1) is 11.6 Å². The van der Waals surface area contributed by atoms with Gasteiger partial charge in [0.2, 0.25) is 0 Å². The molecule has 3 rings (SSSR count). The van der Waals surface area contributed by atoms with Gasteiger partial charge >= 0.3 is 0 Å². The van der Waals surface area contributed by atoms with E-state index in [1.165, 1.54) is 17.4 Å². The Labute approximate surface area is 113 Å². The molecule has 1 aromatic heterocycles. The SMILES string of the molecule is ClCC1CCN(Cc2cccc3cccnc23)C1. The number of halogens is 1. The third-order valence-electron chi connectivity index (χ3n) is 3.70. The van der Waals surface area contributed by atoms with Gasteiger partial charge in [-0.05, 0) is 30.5 Å². The van der Waals surface area contributed by atoms with Crippen LogP contribution in [0.2, 0.25) is 0 Å². The van der Waals surface area contributed by atoms with E-state index in [0.29, 0.717) is 5.92 Å². The molecule has 0 bridgehead atoms. The normalized spacial score (nSPS) is 20.6. The molecule has 1 fully saturated rings. The van der Waals surface area contributed by atoms with E-state index in [9.17, 15) is 0 Å². The standard InChI is InChI=1S/C15H17ClN2/c16-9-12-6-8-18(10-12)11-14-4-1-3-13-5-2-7-17-15(13)14/h1-5,7,12H,6,8-11H2. The summed E-state index contributed by atoms with van der Waals surface area (Å²) in [5.74, 6) is 1.44. The molecule has 94 valence electrons. The number of nitrogens with zero attached hydrogens (tertiary/aromatic N) is 2. The number of fused-ring (bicyclic) bond motifs is 1. The van der Waals surface area contributed by atoms with Crippen LogP contribution in [0, 0.1) is 5.92 Å². The fraction of sp³-hybridized carbons (Fsp3) is 0.400. The van der Waals surface area contributed by atoms with E-state index in [-0.39, 0.29) is 0 Å². The number of likely N-dealkylation sites (tertiary alicyclic amines) is 1. The molecular formula is C15H17ClN2. The molecule has 1 atom stereocenters. The van der Waals surface area contributed by atoms with Crippen LogP contribution in [0.5, 0.6) is 0 Å². The molecule has 18 heavy (non-hydrogen) atoms. The summed E-state index contributed by atoms with van der Waals surface area (Å²) < 4.78 is 0. The first-order chi connectivity index (χ1) is 8.86. The maximum atomic E-state index is 5.93. The summed E-state index contributed by atoms with van der Waals surface area (Å²) in [4.78, 5) is 6.99. The lowest BCUT2D eigenvalue weighted by Crippen LogP contribution is -2.20. The molecular weight excluding hydrogens is 244 g/mol. The minimum absolute atomic E-state index is 0.662. The molecule has 0 N–H and O–H groups in total. The third kappa shape index (κ3) is 2.36. The maximum Gasteiger partial charge on any atom is 0.0746 e. The van der Waals surface area contributed by atoms with Gasteiger partial charge in [-0.1, -0.05) is 24.3 Å². The van der Waals surface area contributed by atoms with Crippen LogP contribution in [0.1, 0.15) is 12.0 Å². The van der Waals surface area contributed by atoms with Crippen LogP contribution in [0.25, 0.3) is 10.9 Å². The second-order valence-corrected chi connectivity index (χ2v) is 5.34. The highest BCUT2D eigenvalue weighted by molar-refractivity contribution is 6.18. The van der Waals surface area contributed by atoms with Crippen molar-refractivity contribution in [2.24, 2.45) is 5.92 Å². The number of pyridine rings is 1.